The summed E-state index contributed by atoms with van der Waals surface area (Å²) in [6.45, 7) is 11.6. The van der Waals surface area contributed by atoms with E-state index in [1.165, 1.54) is 32.1 Å². The van der Waals surface area contributed by atoms with Gasteiger partial charge in [-0.05, 0) is 39.5 Å². The smallest absolute Gasteiger partial charge is 0.307 e. The first kappa shape index (κ1) is 21.0. The number of nitrogens with zero attached hydrogens (tertiary/aromatic N) is 1. The minimum Gasteiger partial charge on any atom is -0.460 e. The topological polar surface area (TPSA) is 46.6 Å². The van der Waals surface area contributed by atoms with E-state index in [-0.39, 0.29) is 24.2 Å². The van der Waals surface area contributed by atoms with E-state index in [4.69, 9.17) is 4.74 Å². The van der Waals surface area contributed by atoms with E-state index in [0.29, 0.717) is 5.92 Å². The summed E-state index contributed by atoms with van der Waals surface area (Å²) < 4.78 is 5.39. The fourth-order valence-corrected chi connectivity index (χ4v) is 3.42. The molecule has 24 heavy (non-hydrogen) atoms. The summed E-state index contributed by atoms with van der Waals surface area (Å²) in [6, 6.07) is 0. The predicted octanol–water partition coefficient (Wildman–Crippen LogP) is 4.56. The molecule has 1 amide bonds. The molecule has 1 aliphatic rings. The largest absolute Gasteiger partial charge is 0.460 e. The minimum atomic E-state index is -0.488. The molecule has 140 valence electrons. The maximum atomic E-state index is 12.7. The average Bonchev–Trinajstić information content (AvgIpc) is 2.45. The van der Waals surface area contributed by atoms with Gasteiger partial charge in [-0.2, -0.15) is 0 Å². The van der Waals surface area contributed by atoms with Crippen molar-refractivity contribution in [1.29, 1.82) is 0 Å². The number of hydrogen-bond donors (Lipinski definition) is 0. The molecule has 1 rings (SSSR count). The number of likely N-dealkylation sites (tertiary alicyclic amines) is 1. The molecule has 0 aromatic heterocycles. The highest BCUT2D eigenvalue weighted by atomic mass is 16.6. The Morgan fingerprint density at radius 1 is 1.17 bits per heavy atom. The summed E-state index contributed by atoms with van der Waals surface area (Å²) in [6.07, 6.45) is 8.38. The van der Waals surface area contributed by atoms with Crippen LogP contribution in [-0.4, -0.2) is 35.5 Å². The molecule has 0 N–H and O–H groups in total. The van der Waals surface area contributed by atoms with Gasteiger partial charge in [0.25, 0.3) is 0 Å². The third-order valence-corrected chi connectivity index (χ3v) is 4.49. The predicted molar refractivity (Wildman–Crippen MR) is 97.7 cm³/mol. The molecule has 1 aliphatic heterocycles. The lowest BCUT2D eigenvalue weighted by Crippen LogP contribution is -2.46. The first-order valence-corrected chi connectivity index (χ1v) is 9.73. The molecule has 0 aromatic rings. The van der Waals surface area contributed by atoms with E-state index in [0.717, 1.165) is 25.9 Å². The number of esters is 1. The van der Waals surface area contributed by atoms with Crippen molar-refractivity contribution in [3.8, 4) is 0 Å². The van der Waals surface area contributed by atoms with E-state index in [1.807, 2.05) is 25.7 Å². The summed E-state index contributed by atoms with van der Waals surface area (Å²) in [5.41, 5.74) is -0.488. The minimum absolute atomic E-state index is 0.146. The number of piperidine rings is 1. The molecule has 4 heteroatoms. The number of unbranched alkanes of at least 4 members (excludes halogenated alkanes) is 5. The Morgan fingerprint density at radius 3 is 2.42 bits per heavy atom. The molecule has 0 bridgehead atoms. The molecule has 4 nitrogen and oxygen atoms in total. The van der Waals surface area contributed by atoms with Gasteiger partial charge in [0.2, 0.25) is 5.91 Å². The molecule has 1 heterocycles. The van der Waals surface area contributed by atoms with Crippen LogP contribution in [0.1, 0.15) is 86.0 Å². The third-order valence-electron chi connectivity index (χ3n) is 4.49. The van der Waals surface area contributed by atoms with Crippen LogP contribution >= 0.6 is 0 Å². The van der Waals surface area contributed by atoms with Crippen molar-refractivity contribution in [2.24, 2.45) is 11.8 Å². The molecule has 1 unspecified atom stereocenters. The van der Waals surface area contributed by atoms with Crippen molar-refractivity contribution in [3.05, 3.63) is 0 Å². The van der Waals surface area contributed by atoms with Crippen LogP contribution in [0.3, 0.4) is 0 Å². The second kappa shape index (κ2) is 10.0. The monoisotopic (exact) mass is 339 g/mol. The van der Waals surface area contributed by atoms with Crippen molar-refractivity contribution in [2.45, 2.75) is 91.6 Å². The Balaban J connectivity index is 2.42. The van der Waals surface area contributed by atoms with Gasteiger partial charge in [-0.15, -0.1) is 0 Å². The molecule has 0 aliphatic carbocycles. The lowest BCUT2D eigenvalue weighted by Gasteiger charge is -2.36. The van der Waals surface area contributed by atoms with E-state index in [1.54, 1.807) is 0 Å². The van der Waals surface area contributed by atoms with Crippen LogP contribution in [0.25, 0.3) is 0 Å². The summed E-state index contributed by atoms with van der Waals surface area (Å²) in [5.74, 6) is 0.140. The van der Waals surface area contributed by atoms with Crippen molar-refractivity contribution < 1.29 is 14.3 Å². The molecule has 0 saturated carbocycles. The lowest BCUT2D eigenvalue weighted by molar-refractivity contribution is -0.160. The molecular weight excluding hydrogens is 302 g/mol. The quantitative estimate of drug-likeness (QED) is 0.457. The zero-order chi connectivity index (χ0) is 18.2. The SMILES string of the molecule is CCCCCCCCN1CC(C)C[C@H](CC(=O)OC(C)(C)C)C1=O. The standard InChI is InChI=1S/C20H37NO3/c1-6-7-8-9-10-11-12-21-15-16(2)13-17(19(21)23)14-18(22)24-20(3,4)5/h16-17H,6-15H2,1-5H3/t16?,17-/m1/s1. The maximum absolute atomic E-state index is 12.7. The van der Waals surface area contributed by atoms with Crippen LogP contribution < -0.4 is 0 Å². The van der Waals surface area contributed by atoms with Gasteiger partial charge in [-0.3, -0.25) is 9.59 Å². The van der Waals surface area contributed by atoms with Gasteiger partial charge in [-0.1, -0.05) is 46.0 Å². The number of amides is 1. The highest BCUT2D eigenvalue weighted by Crippen LogP contribution is 2.27. The molecule has 1 saturated heterocycles. The number of ether oxygens (including phenoxy) is 1. The fraction of sp³-hybridized carbons (Fsp3) is 0.900. The average molecular weight is 340 g/mol. The fourth-order valence-electron chi connectivity index (χ4n) is 3.42. The number of carbonyl (C=O) groups excluding carboxylic acids is 2. The number of hydrogen-bond acceptors (Lipinski definition) is 3. The maximum Gasteiger partial charge on any atom is 0.307 e. The third kappa shape index (κ3) is 8.16. The Kier molecular flexibility index (Phi) is 8.79. The van der Waals surface area contributed by atoms with Gasteiger partial charge in [-0.25, -0.2) is 0 Å². The van der Waals surface area contributed by atoms with Gasteiger partial charge >= 0.3 is 5.97 Å². The first-order chi connectivity index (χ1) is 11.2. The van der Waals surface area contributed by atoms with E-state index in [9.17, 15) is 9.59 Å². The van der Waals surface area contributed by atoms with Crippen LogP contribution in [0.2, 0.25) is 0 Å². The zero-order valence-electron chi connectivity index (χ0n) is 16.4. The van der Waals surface area contributed by atoms with Gasteiger partial charge in [0.15, 0.2) is 0 Å². The molecule has 2 atom stereocenters. The van der Waals surface area contributed by atoms with Gasteiger partial charge in [0.05, 0.1) is 6.42 Å². The highest BCUT2D eigenvalue weighted by Gasteiger charge is 2.34. The Labute approximate surface area is 148 Å². The van der Waals surface area contributed by atoms with Gasteiger partial charge in [0, 0.05) is 19.0 Å². The normalized spacial score (nSPS) is 21.9. The van der Waals surface area contributed by atoms with Crippen molar-refractivity contribution in [1.82, 2.24) is 4.90 Å². The van der Waals surface area contributed by atoms with Crippen LogP contribution in [-0.2, 0) is 14.3 Å². The van der Waals surface area contributed by atoms with Crippen LogP contribution in [0.5, 0.6) is 0 Å². The van der Waals surface area contributed by atoms with Crippen molar-refractivity contribution >= 4 is 11.9 Å². The van der Waals surface area contributed by atoms with Crippen molar-refractivity contribution in [3.63, 3.8) is 0 Å². The second-order valence-electron chi connectivity index (χ2n) is 8.38. The van der Waals surface area contributed by atoms with E-state index >= 15 is 0 Å². The van der Waals surface area contributed by atoms with E-state index in [2.05, 4.69) is 13.8 Å². The molecule has 1 fully saturated rings. The summed E-state index contributed by atoms with van der Waals surface area (Å²) >= 11 is 0. The lowest BCUT2D eigenvalue weighted by atomic mass is 9.87. The summed E-state index contributed by atoms with van der Waals surface area (Å²) in [4.78, 5) is 26.7. The summed E-state index contributed by atoms with van der Waals surface area (Å²) in [5, 5.41) is 0. The Morgan fingerprint density at radius 2 is 1.79 bits per heavy atom. The molecule has 0 spiro atoms. The van der Waals surface area contributed by atoms with Gasteiger partial charge in [0.1, 0.15) is 5.60 Å². The molecule has 0 aromatic carbocycles. The van der Waals surface area contributed by atoms with Crippen LogP contribution in [0.15, 0.2) is 0 Å². The van der Waals surface area contributed by atoms with Gasteiger partial charge < -0.3 is 9.64 Å². The number of carbonyl (C=O) groups is 2. The van der Waals surface area contributed by atoms with Crippen LogP contribution in [0, 0.1) is 11.8 Å². The zero-order valence-corrected chi connectivity index (χ0v) is 16.4. The number of rotatable bonds is 9. The van der Waals surface area contributed by atoms with Crippen LogP contribution in [0.4, 0.5) is 0 Å². The Hall–Kier alpha value is -1.06. The Bertz CT molecular complexity index is 400. The summed E-state index contributed by atoms with van der Waals surface area (Å²) in [7, 11) is 0. The molecular formula is C20H37NO3. The van der Waals surface area contributed by atoms with E-state index < -0.39 is 5.60 Å². The first-order valence-electron chi connectivity index (χ1n) is 9.73. The highest BCUT2D eigenvalue weighted by molar-refractivity contribution is 5.84. The van der Waals surface area contributed by atoms with Crippen molar-refractivity contribution in [2.75, 3.05) is 13.1 Å². The second-order valence-corrected chi connectivity index (χ2v) is 8.38. The molecule has 0 radical (unpaired) electrons.